The van der Waals surface area contributed by atoms with E-state index in [1.54, 1.807) is 38.0 Å². The number of thiophene rings is 1. The summed E-state index contributed by atoms with van der Waals surface area (Å²) in [6.07, 6.45) is 6.60. The number of benzene rings is 1. The lowest BCUT2D eigenvalue weighted by molar-refractivity contribution is 0.121. The number of methoxy groups -OCH3 is 2. The Hall–Kier alpha value is -3.82. The summed E-state index contributed by atoms with van der Waals surface area (Å²) in [7, 11) is 5.38. The third-order valence-corrected chi connectivity index (χ3v) is 7.73. The number of imidazole rings is 1. The Morgan fingerprint density at radius 3 is 2.58 bits per heavy atom. The van der Waals surface area contributed by atoms with E-state index in [-0.39, 0.29) is 6.10 Å². The van der Waals surface area contributed by atoms with Crippen LogP contribution in [0, 0.1) is 0 Å². The molecule has 0 radical (unpaired) electrons. The Bertz CT molecular complexity index is 1530. The standard InChI is InChI=1S/C27H26N6O2S/c1-32-14-12-29-26(32)24-30-25(33-13-10-19(16-33)34-2)22-21(17-7-5-4-6-8-17)23(36-27(22)31-24)18-9-11-28-20(15-18)35-3/h4-9,11-12,14-15,19H,10,13,16H2,1-3H3. The zero-order valence-electron chi connectivity index (χ0n) is 20.4. The van der Waals surface area contributed by atoms with Crippen LogP contribution < -0.4 is 9.64 Å². The van der Waals surface area contributed by atoms with Gasteiger partial charge in [-0.15, -0.1) is 11.3 Å². The molecule has 1 fully saturated rings. The lowest BCUT2D eigenvalue weighted by Gasteiger charge is -2.20. The van der Waals surface area contributed by atoms with Crippen LogP contribution in [0.5, 0.6) is 5.88 Å². The minimum Gasteiger partial charge on any atom is -0.481 e. The van der Waals surface area contributed by atoms with Gasteiger partial charge >= 0.3 is 0 Å². The second-order valence-electron chi connectivity index (χ2n) is 8.76. The lowest BCUT2D eigenvalue weighted by Crippen LogP contribution is -2.23. The van der Waals surface area contributed by atoms with E-state index < -0.39 is 0 Å². The van der Waals surface area contributed by atoms with Crippen molar-refractivity contribution in [2.45, 2.75) is 12.5 Å². The number of hydrogen-bond acceptors (Lipinski definition) is 8. The van der Waals surface area contributed by atoms with Crippen molar-refractivity contribution in [1.29, 1.82) is 0 Å². The van der Waals surface area contributed by atoms with Gasteiger partial charge in [0.2, 0.25) is 5.88 Å². The molecular formula is C27H26N6O2S. The van der Waals surface area contributed by atoms with Gasteiger partial charge in [-0.3, -0.25) is 0 Å². The monoisotopic (exact) mass is 498 g/mol. The molecule has 5 aromatic rings. The van der Waals surface area contributed by atoms with Gasteiger partial charge in [0.15, 0.2) is 11.6 Å². The summed E-state index contributed by atoms with van der Waals surface area (Å²) in [5.41, 5.74) is 3.27. The third-order valence-electron chi connectivity index (χ3n) is 6.60. The minimum absolute atomic E-state index is 0.175. The number of fused-ring (bicyclic) bond motifs is 1. The van der Waals surface area contributed by atoms with Crippen LogP contribution in [0.1, 0.15) is 6.42 Å². The number of nitrogens with zero attached hydrogens (tertiary/aromatic N) is 6. The highest BCUT2D eigenvalue weighted by atomic mass is 32.1. The van der Waals surface area contributed by atoms with Gasteiger partial charge in [-0.1, -0.05) is 30.3 Å². The second-order valence-corrected chi connectivity index (χ2v) is 9.76. The average Bonchev–Trinajstić information content (AvgIpc) is 3.66. The number of aromatic nitrogens is 5. The first-order valence-corrected chi connectivity index (χ1v) is 12.6. The molecule has 6 rings (SSSR count). The smallest absolute Gasteiger partial charge is 0.213 e. The van der Waals surface area contributed by atoms with Crippen LogP contribution in [0.15, 0.2) is 61.1 Å². The zero-order valence-corrected chi connectivity index (χ0v) is 21.2. The Labute approximate surface area is 213 Å². The van der Waals surface area contributed by atoms with Gasteiger partial charge in [-0.05, 0) is 23.6 Å². The number of hydrogen-bond donors (Lipinski definition) is 0. The molecular weight excluding hydrogens is 472 g/mol. The van der Waals surface area contributed by atoms with Crippen LogP contribution >= 0.6 is 11.3 Å². The minimum atomic E-state index is 0.175. The summed E-state index contributed by atoms with van der Waals surface area (Å²) in [5, 5.41) is 1.05. The molecule has 182 valence electrons. The number of ether oxygens (including phenoxy) is 2. The van der Waals surface area contributed by atoms with Crippen molar-refractivity contribution < 1.29 is 9.47 Å². The zero-order chi connectivity index (χ0) is 24.6. The fraction of sp³-hybridized carbons (Fsp3) is 0.259. The first-order valence-electron chi connectivity index (χ1n) is 11.8. The van der Waals surface area contributed by atoms with Crippen molar-refractivity contribution in [2.24, 2.45) is 7.05 Å². The van der Waals surface area contributed by atoms with Crippen LogP contribution in [0.4, 0.5) is 5.82 Å². The van der Waals surface area contributed by atoms with E-state index in [4.69, 9.17) is 19.4 Å². The maximum absolute atomic E-state index is 5.69. The van der Waals surface area contributed by atoms with Crippen LogP contribution in [0.25, 0.3) is 43.4 Å². The van der Waals surface area contributed by atoms with Gasteiger partial charge in [-0.2, -0.15) is 0 Å². The van der Waals surface area contributed by atoms with E-state index in [1.807, 2.05) is 36.0 Å². The van der Waals surface area contributed by atoms with Gasteiger partial charge in [0.05, 0.1) is 18.6 Å². The molecule has 36 heavy (non-hydrogen) atoms. The Morgan fingerprint density at radius 1 is 1.00 bits per heavy atom. The topological polar surface area (TPSA) is 78.2 Å². The first-order chi connectivity index (χ1) is 17.7. The van der Waals surface area contributed by atoms with Crippen molar-refractivity contribution in [3.05, 3.63) is 61.1 Å². The Balaban J connectivity index is 1.67. The van der Waals surface area contributed by atoms with Crippen LogP contribution in [0.2, 0.25) is 0 Å². The van der Waals surface area contributed by atoms with Crippen molar-refractivity contribution in [2.75, 3.05) is 32.2 Å². The van der Waals surface area contributed by atoms with E-state index in [2.05, 4.69) is 39.1 Å². The van der Waals surface area contributed by atoms with E-state index >= 15 is 0 Å². The molecule has 1 saturated heterocycles. The maximum Gasteiger partial charge on any atom is 0.213 e. The molecule has 1 unspecified atom stereocenters. The Kier molecular flexibility index (Phi) is 5.86. The predicted molar refractivity (Wildman–Crippen MR) is 142 cm³/mol. The number of pyridine rings is 1. The van der Waals surface area contributed by atoms with Gasteiger partial charge in [0.1, 0.15) is 10.6 Å². The highest BCUT2D eigenvalue weighted by Crippen LogP contribution is 2.48. The molecule has 0 amide bonds. The van der Waals surface area contributed by atoms with Crippen molar-refractivity contribution in [3.8, 4) is 39.1 Å². The summed E-state index contributed by atoms with van der Waals surface area (Å²) in [6, 6.07) is 14.4. The molecule has 0 N–H and O–H groups in total. The largest absolute Gasteiger partial charge is 0.481 e. The van der Waals surface area contributed by atoms with E-state index in [0.29, 0.717) is 11.7 Å². The van der Waals surface area contributed by atoms with Gasteiger partial charge < -0.3 is 18.9 Å². The molecule has 4 aromatic heterocycles. The second kappa shape index (κ2) is 9.33. The van der Waals surface area contributed by atoms with Gasteiger partial charge in [0.25, 0.3) is 0 Å². The lowest BCUT2D eigenvalue weighted by atomic mass is 10.00. The van der Waals surface area contributed by atoms with Crippen molar-refractivity contribution in [1.82, 2.24) is 24.5 Å². The number of aryl methyl sites for hydroxylation is 1. The molecule has 9 heteroatoms. The SMILES string of the molecule is COc1cc(-c2sc3nc(-c4nccn4C)nc(N4CCC(OC)C4)c3c2-c2ccccc2)ccn1. The van der Waals surface area contributed by atoms with Crippen LogP contribution in [0.3, 0.4) is 0 Å². The molecule has 1 aromatic carbocycles. The highest BCUT2D eigenvalue weighted by Gasteiger charge is 2.29. The quantitative estimate of drug-likeness (QED) is 0.324. The predicted octanol–water partition coefficient (Wildman–Crippen LogP) is 5.05. The highest BCUT2D eigenvalue weighted by molar-refractivity contribution is 7.22. The fourth-order valence-corrected chi connectivity index (χ4v) is 5.94. The van der Waals surface area contributed by atoms with E-state index in [0.717, 1.165) is 62.9 Å². The maximum atomic E-state index is 5.69. The summed E-state index contributed by atoms with van der Waals surface area (Å²) in [4.78, 5) is 23.4. The molecule has 0 saturated carbocycles. The molecule has 0 spiro atoms. The van der Waals surface area contributed by atoms with E-state index in [1.165, 1.54) is 0 Å². The molecule has 1 atom stereocenters. The molecule has 5 heterocycles. The normalized spacial score (nSPS) is 15.6. The molecule has 0 aliphatic carbocycles. The Morgan fingerprint density at radius 2 is 1.86 bits per heavy atom. The van der Waals surface area contributed by atoms with Crippen molar-refractivity contribution >= 4 is 27.4 Å². The summed E-state index contributed by atoms with van der Waals surface area (Å²) >= 11 is 1.66. The molecule has 8 nitrogen and oxygen atoms in total. The van der Waals surface area contributed by atoms with Crippen LogP contribution in [-0.4, -0.2) is 57.9 Å². The average molecular weight is 499 g/mol. The number of anilines is 1. The summed E-state index contributed by atoms with van der Waals surface area (Å²) in [5.74, 6) is 2.85. The van der Waals surface area contributed by atoms with Gasteiger partial charge in [0, 0.05) is 62.3 Å². The molecule has 1 aliphatic rings. The third kappa shape index (κ3) is 3.90. The van der Waals surface area contributed by atoms with Crippen molar-refractivity contribution in [3.63, 3.8) is 0 Å². The molecule has 1 aliphatic heterocycles. The summed E-state index contributed by atoms with van der Waals surface area (Å²) in [6.45, 7) is 1.65. The van der Waals surface area contributed by atoms with Crippen LogP contribution in [-0.2, 0) is 11.8 Å². The van der Waals surface area contributed by atoms with Gasteiger partial charge in [-0.25, -0.2) is 19.9 Å². The fourth-order valence-electron chi connectivity index (χ4n) is 4.75. The number of rotatable bonds is 6. The van der Waals surface area contributed by atoms with E-state index in [9.17, 15) is 0 Å². The summed E-state index contributed by atoms with van der Waals surface area (Å²) < 4.78 is 13.1. The first kappa shape index (κ1) is 22.6. The molecule has 0 bridgehead atoms.